The van der Waals surface area contributed by atoms with Crippen molar-refractivity contribution < 1.29 is 14.9 Å². The van der Waals surface area contributed by atoms with Crippen LogP contribution in [0.1, 0.15) is 30.4 Å². The van der Waals surface area contributed by atoms with Crippen molar-refractivity contribution in [1.82, 2.24) is 14.9 Å². The highest BCUT2D eigenvalue weighted by molar-refractivity contribution is 5.87. The van der Waals surface area contributed by atoms with E-state index in [1.165, 1.54) is 5.56 Å². The Morgan fingerprint density at radius 3 is 2.75 bits per heavy atom. The van der Waals surface area contributed by atoms with E-state index in [1.807, 2.05) is 0 Å². The van der Waals surface area contributed by atoms with Gasteiger partial charge in [-0.25, -0.2) is 4.98 Å². The molecule has 0 aromatic carbocycles. The number of morpholine rings is 1. The van der Waals surface area contributed by atoms with Crippen LogP contribution in [0.15, 0.2) is 12.3 Å². The zero-order valence-corrected chi connectivity index (χ0v) is 16.2. The molecule has 4 heterocycles. The molecule has 4 rings (SSSR count). The molecule has 2 fully saturated rings. The molecule has 0 bridgehead atoms. The standard InChI is InChI=1S/C21H28N4O3/c26-10-2-1-3-16-13-18-19(15-24-8-11-28-12-9-24)21(23-20(18)22-14-16)25-6-4-17(27)5-7-25/h13-14,17,26-27H,2,4-12,15H2,(H,22,23). The summed E-state index contributed by atoms with van der Waals surface area (Å²) in [6.45, 7) is 5.98. The van der Waals surface area contributed by atoms with Crippen LogP contribution in [0.2, 0.25) is 0 Å². The number of nitrogens with one attached hydrogen (secondary N) is 1. The van der Waals surface area contributed by atoms with Crippen molar-refractivity contribution >= 4 is 16.9 Å². The van der Waals surface area contributed by atoms with Gasteiger partial charge in [0.2, 0.25) is 0 Å². The van der Waals surface area contributed by atoms with E-state index in [0.717, 1.165) is 81.2 Å². The number of aliphatic hydroxyl groups is 2. The van der Waals surface area contributed by atoms with Crippen molar-refractivity contribution in [3.05, 3.63) is 23.4 Å². The van der Waals surface area contributed by atoms with Crippen LogP contribution in [-0.2, 0) is 11.3 Å². The van der Waals surface area contributed by atoms with Crippen LogP contribution in [0.25, 0.3) is 11.0 Å². The molecule has 2 aromatic rings. The number of nitrogens with zero attached hydrogens (tertiary/aromatic N) is 3. The molecule has 2 aromatic heterocycles. The molecule has 0 aliphatic carbocycles. The van der Waals surface area contributed by atoms with Crippen LogP contribution in [0.5, 0.6) is 0 Å². The summed E-state index contributed by atoms with van der Waals surface area (Å²) in [5.41, 5.74) is 2.98. The predicted molar refractivity (Wildman–Crippen MR) is 108 cm³/mol. The van der Waals surface area contributed by atoms with Gasteiger partial charge >= 0.3 is 0 Å². The first-order valence-corrected chi connectivity index (χ1v) is 10.1. The predicted octanol–water partition coefficient (Wildman–Crippen LogP) is 1.09. The summed E-state index contributed by atoms with van der Waals surface area (Å²) in [4.78, 5) is 12.9. The van der Waals surface area contributed by atoms with Gasteiger partial charge in [0.15, 0.2) is 0 Å². The summed E-state index contributed by atoms with van der Waals surface area (Å²) in [5, 5.41) is 19.9. The minimum absolute atomic E-state index is 0.0695. The molecule has 2 aliphatic rings. The van der Waals surface area contributed by atoms with Crippen molar-refractivity contribution in [2.75, 3.05) is 50.9 Å². The molecule has 150 valence electrons. The second-order valence-corrected chi connectivity index (χ2v) is 7.45. The van der Waals surface area contributed by atoms with Crippen LogP contribution in [0.4, 0.5) is 5.82 Å². The maximum Gasteiger partial charge on any atom is 0.139 e. The first-order chi connectivity index (χ1) is 13.7. The van der Waals surface area contributed by atoms with Crippen LogP contribution in [0, 0.1) is 11.8 Å². The quantitative estimate of drug-likeness (QED) is 0.685. The zero-order valence-electron chi connectivity index (χ0n) is 16.2. The summed E-state index contributed by atoms with van der Waals surface area (Å²) in [7, 11) is 0. The maximum atomic E-state index is 9.88. The molecule has 0 atom stereocenters. The van der Waals surface area contributed by atoms with E-state index in [0.29, 0.717) is 6.42 Å². The Balaban J connectivity index is 1.69. The highest BCUT2D eigenvalue weighted by Gasteiger charge is 2.24. The third kappa shape index (κ3) is 4.31. The van der Waals surface area contributed by atoms with Crippen molar-refractivity contribution in [3.8, 4) is 11.8 Å². The lowest BCUT2D eigenvalue weighted by molar-refractivity contribution is 0.0344. The lowest BCUT2D eigenvalue weighted by Crippen LogP contribution is -2.38. The number of fused-ring (bicyclic) bond motifs is 1. The summed E-state index contributed by atoms with van der Waals surface area (Å²) in [5.74, 6) is 7.19. The molecule has 7 nitrogen and oxygen atoms in total. The van der Waals surface area contributed by atoms with Gasteiger partial charge in [-0.05, 0) is 18.9 Å². The molecule has 0 saturated carbocycles. The Hall–Kier alpha value is -2.11. The first kappa shape index (κ1) is 19.2. The minimum atomic E-state index is -0.199. The normalized spacial score (nSPS) is 19.0. The van der Waals surface area contributed by atoms with E-state index < -0.39 is 0 Å². The smallest absolute Gasteiger partial charge is 0.139 e. The molecule has 3 N–H and O–H groups in total. The van der Waals surface area contributed by atoms with Gasteiger partial charge in [0, 0.05) is 61.9 Å². The number of aromatic nitrogens is 2. The van der Waals surface area contributed by atoms with E-state index in [2.05, 4.69) is 37.7 Å². The van der Waals surface area contributed by atoms with Crippen molar-refractivity contribution in [3.63, 3.8) is 0 Å². The van der Waals surface area contributed by atoms with Crippen LogP contribution in [0.3, 0.4) is 0 Å². The molecule has 0 radical (unpaired) electrons. The van der Waals surface area contributed by atoms with Gasteiger partial charge in [0.1, 0.15) is 11.5 Å². The van der Waals surface area contributed by atoms with Gasteiger partial charge in [0.05, 0.1) is 25.9 Å². The number of aromatic amines is 1. The fourth-order valence-electron chi connectivity index (χ4n) is 3.90. The number of aliphatic hydroxyl groups excluding tert-OH is 2. The lowest BCUT2D eigenvalue weighted by atomic mass is 10.1. The molecule has 0 unspecified atom stereocenters. The molecular weight excluding hydrogens is 356 g/mol. The average Bonchev–Trinajstić information content (AvgIpc) is 3.07. The van der Waals surface area contributed by atoms with Crippen LogP contribution in [-0.4, -0.2) is 77.2 Å². The fourth-order valence-corrected chi connectivity index (χ4v) is 3.90. The summed E-state index contributed by atoms with van der Waals surface area (Å²) >= 11 is 0. The maximum absolute atomic E-state index is 9.88. The number of H-pyrrole nitrogens is 1. The molecule has 2 saturated heterocycles. The van der Waals surface area contributed by atoms with Crippen molar-refractivity contribution in [2.24, 2.45) is 0 Å². The average molecular weight is 384 g/mol. The van der Waals surface area contributed by atoms with Gasteiger partial charge < -0.3 is 24.8 Å². The number of hydrogen-bond donors (Lipinski definition) is 3. The molecular formula is C21H28N4O3. The molecule has 0 spiro atoms. The van der Waals surface area contributed by atoms with Gasteiger partial charge in [0.25, 0.3) is 0 Å². The van der Waals surface area contributed by atoms with Gasteiger partial charge in [-0.1, -0.05) is 11.8 Å². The van der Waals surface area contributed by atoms with E-state index in [1.54, 1.807) is 6.20 Å². The Labute approximate surface area is 165 Å². The highest BCUT2D eigenvalue weighted by Crippen LogP contribution is 2.32. The van der Waals surface area contributed by atoms with E-state index in [9.17, 15) is 5.11 Å². The Bertz CT molecular complexity index is 856. The Morgan fingerprint density at radius 1 is 1.21 bits per heavy atom. The minimum Gasteiger partial charge on any atom is -0.395 e. The van der Waals surface area contributed by atoms with E-state index in [-0.39, 0.29) is 12.7 Å². The number of hydrogen-bond acceptors (Lipinski definition) is 6. The summed E-state index contributed by atoms with van der Waals surface area (Å²) < 4.78 is 5.50. The molecule has 2 aliphatic heterocycles. The number of ether oxygens (including phenoxy) is 1. The number of pyridine rings is 1. The Kier molecular flexibility index (Phi) is 6.13. The van der Waals surface area contributed by atoms with Crippen LogP contribution >= 0.6 is 0 Å². The monoisotopic (exact) mass is 384 g/mol. The second kappa shape index (κ2) is 8.93. The van der Waals surface area contributed by atoms with Gasteiger partial charge in [-0.2, -0.15) is 0 Å². The summed E-state index contributed by atoms with van der Waals surface area (Å²) in [6.07, 6.45) is 3.63. The van der Waals surface area contributed by atoms with E-state index in [4.69, 9.17) is 9.84 Å². The largest absolute Gasteiger partial charge is 0.395 e. The van der Waals surface area contributed by atoms with Crippen molar-refractivity contribution in [2.45, 2.75) is 31.9 Å². The highest BCUT2D eigenvalue weighted by atomic mass is 16.5. The summed E-state index contributed by atoms with van der Waals surface area (Å²) in [6, 6.07) is 2.10. The molecule has 0 amide bonds. The SMILES string of the molecule is OCCC#Cc1cnc2[nH]c(N3CCC(O)CC3)c(CN3CCOCC3)c2c1. The Morgan fingerprint density at radius 2 is 2.00 bits per heavy atom. The van der Waals surface area contributed by atoms with Crippen LogP contribution < -0.4 is 4.90 Å². The molecule has 7 heteroatoms. The third-order valence-electron chi connectivity index (χ3n) is 5.47. The number of anilines is 1. The molecule has 28 heavy (non-hydrogen) atoms. The van der Waals surface area contributed by atoms with Gasteiger partial charge in [-0.3, -0.25) is 4.90 Å². The first-order valence-electron chi connectivity index (χ1n) is 10.1. The third-order valence-corrected chi connectivity index (χ3v) is 5.47. The van der Waals surface area contributed by atoms with E-state index >= 15 is 0 Å². The fraction of sp³-hybridized carbons (Fsp3) is 0.571. The number of rotatable bonds is 4. The lowest BCUT2D eigenvalue weighted by Gasteiger charge is -2.32. The number of piperidine rings is 1. The van der Waals surface area contributed by atoms with Gasteiger partial charge in [-0.15, -0.1) is 0 Å². The van der Waals surface area contributed by atoms with Crippen molar-refractivity contribution in [1.29, 1.82) is 0 Å². The topological polar surface area (TPSA) is 84.9 Å². The second-order valence-electron chi connectivity index (χ2n) is 7.45. The zero-order chi connectivity index (χ0) is 19.3.